The number of rotatable bonds is 5. The summed E-state index contributed by atoms with van der Waals surface area (Å²) in [5, 5.41) is 2.48. The Hall–Kier alpha value is -1.79. The zero-order valence-electron chi connectivity index (χ0n) is 15.4. The molecule has 0 saturated carbocycles. The van der Waals surface area contributed by atoms with Gasteiger partial charge in [0.05, 0.1) is 6.42 Å². The van der Waals surface area contributed by atoms with E-state index in [1.54, 1.807) is 25.7 Å². The number of ether oxygens (including phenoxy) is 2. The number of amides is 2. The second-order valence-corrected chi connectivity index (χ2v) is 7.27. The molecule has 24 heavy (non-hydrogen) atoms. The third kappa shape index (κ3) is 7.19. The van der Waals surface area contributed by atoms with Gasteiger partial charge in [0.2, 0.25) is 0 Å². The van der Waals surface area contributed by atoms with Crippen molar-refractivity contribution in [1.29, 1.82) is 0 Å². The summed E-state index contributed by atoms with van der Waals surface area (Å²) in [6, 6.07) is 0.350. The fourth-order valence-corrected chi connectivity index (χ4v) is 2.78. The van der Waals surface area contributed by atoms with Gasteiger partial charge in [-0.15, -0.1) is 0 Å². The van der Waals surface area contributed by atoms with E-state index >= 15 is 0 Å². The van der Waals surface area contributed by atoms with Crippen LogP contribution < -0.4 is 5.32 Å². The predicted octanol–water partition coefficient (Wildman–Crippen LogP) is 2.23. The van der Waals surface area contributed by atoms with Crippen LogP contribution in [0.5, 0.6) is 0 Å². The van der Waals surface area contributed by atoms with Gasteiger partial charge in [-0.2, -0.15) is 0 Å². The second-order valence-electron chi connectivity index (χ2n) is 7.27. The quantitative estimate of drug-likeness (QED) is 0.775. The maximum Gasteiger partial charge on any atom is 0.407 e. The number of carbonyl (C=O) groups excluding carboxylic acids is 3. The van der Waals surface area contributed by atoms with Crippen molar-refractivity contribution >= 4 is 18.0 Å². The second kappa shape index (κ2) is 8.89. The lowest BCUT2D eigenvalue weighted by Gasteiger charge is -2.38. The first kappa shape index (κ1) is 20.3. The van der Waals surface area contributed by atoms with Gasteiger partial charge in [-0.05, 0) is 53.9 Å². The molecule has 2 atom stereocenters. The van der Waals surface area contributed by atoms with E-state index in [-0.39, 0.29) is 37.6 Å². The number of likely N-dealkylation sites (tertiary alicyclic amines) is 1. The predicted molar refractivity (Wildman–Crippen MR) is 89.4 cm³/mol. The van der Waals surface area contributed by atoms with Crippen molar-refractivity contribution in [1.82, 2.24) is 10.2 Å². The molecule has 0 bridgehead atoms. The van der Waals surface area contributed by atoms with Crippen molar-refractivity contribution < 1.29 is 23.9 Å². The van der Waals surface area contributed by atoms with Gasteiger partial charge in [-0.3, -0.25) is 9.59 Å². The number of carbonyl (C=O) groups is 3. The first-order valence-electron chi connectivity index (χ1n) is 8.54. The van der Waals surface area contributed by atoms with Crippen LogP contribution in [0.2, 0.25) is 0 Å². The third-order valence-corrected chi connectivity index (χ3v) is 3.84. The van der Waals surface area contributed by atoms with Crippen LogP contribution in [0.25, 0.3) is 0 Å². The number of nitrogens with zero attached hydrogens (tertiary/aromatic N) is 1. The maximum atomic E-state index is 12.2. The zero-order valence-corrected chi connectivity index (χ0v) is 15.4. The fraction of sp³-hybridized carbons (Fsp3) is 0.824. The van der Waals surface area contributed by atoms with Crippen molar-refractivity contribution in [3.8, 4) is 0 Å². The summed E-state index contributed by atoms with van der Waals surface area (Å²) in [4.78, 5) is 37.1. The lowest BCUT2D eigenvalue weighted by atomic mass is 9.97. The molecule has 1 saturated heterocycles. The van der Waals surface area contributed by atoms with E-state index in [9.17, 15) is 14.4 Å². The molecule has 1 fully saturated rings. The average Bonchev–Trinajstić information content (AvgIpc) is 2.43. The van der Waals surface area contributed by atoms with Gasteiger partial charge in [0, 0.05) is 18.6 Å². The molecule has 1 heterocycles. The lowest BCUT2D eigenvalue weighted by Crippen LogP contribution is -2.49. The summed E-state index contributed by atoms with van der Waals surface area (Å²) < 4.78 is 10.1. The Balaban J connectivity index is 2.26. The van der Waals surface area contributed by atoms with Crippen LogP contribution in [-0.4, -0.2) is 53.7 Å². The Morgan fingerprint density at radius 2 is 1.71 bits per heavy atom. The molecule has 0 aromatic heterocycles. The Morgan fingerprint density at radius 1 is 1.12 bits per heavy atom. The number of hydrogen-bond acceptors (Lipinski definition) is 5. The van der Waals surface area contributed by atoms with E-state index in [4.69, 9.17) is 9.47 Å². The summed E-state index contributed by atoms with van der Waals surface area (Å²) in [5.41, 5.74) is -0.584. The third-order valence-electron chi connectivity index (χ3n) is 3.84. The van der Waals surface area contributed by atoms with E-state index in [0.717, 1.165) is 19.3 Å². The maximum absolute atomic E-state index is 12.2. The van der Waals surface area contributed by atoms with Gasteiger partial charge in [0.15, 0.2) is 6.61 Å². The van der Waals surface area contributed by atoms with Gasteiger partial charge >= 0.3 is 12.1 Å². The van der Waals surface area contributed by atoms with Crippen molar-refractivity contribution in [3.05, 3.63) is 0 Å². The zero-order chi connectivity index (χ0) is 18.3. The minimum atomic E-state index is -0.584. The van der Waals surface area contributed by atoms with Crippen LogP contribution in [0, 0.1) is 0 Å². The molecule has 0 aromatic rings. The Morgan fingerprint density at radius 3 is 2.25 bits per heavy atom. The van der Waals surface area contributed by atoms with Gasteiger partial charge in [-0.25, -0.2) is 4.79 Å². The largest absolute Gasteiger partial charge is 0.456 e. The van der Waals surface area contributed by atoms with Crippen molar-refractivity contribution in [2.24, 2.45) is 0 Å². The van der Waals surface area contributed by atoms with Crippen LogP contribution in [0.1, 0.15) is 60.3 Å². The smallest absolute Gasteiger partial charge is 0.407 e. The molecular weight excluding hydrogens is 312 g/mol. The summed E-state index contributed by atoms with van der Waals surface area (Å²) in [6.07, 6.45) is 2.48. The molecule has 2 amide bonds. The van der Waals surface area contributed by atoms with Crippen LogP contribution in [0.4, 0.5) is 4.79 Å². The van der Waals surface area contributed by atoms with E-state index in [1.807, 2.05) is 13.8 Å². The number of hydrogen-bond donors (Lipinski definition) is 1. The summed E-state index contributed by atoms with van der Waals surface area (Å²) >= 11 is 0. The van der Waals surface area contributed by atoms with E-state index in [0.29, 0.717) is 0 Å². The number of piperidine rings is 1. The molecule has 1 aliphatic heterocycles. The Labute approximate surface area is 144 Å². The standard InChI is InChI=1S/C17H30N2O5/c1-12-7-6-8-13(2)19(12)14(20)11-23-15(21)9-10-18-16(22)24-17(3,4)5/h12-13H,6-11H2,1-5H3,(H,18,22)/t12-,13-/m1/s1. The van der Waals surface area contributed by atoms with Gasteiger partial charge in [0.25, 0.3) is 5.91 Å². The first-order chi connectivity index (χ1) is 11.1. The molecule has 1 rings (SSSR count). The van der Waals surface area contributed by atoms with Crippen molar-refractivity contribution in [3.63, 3.8) is 0 Å². The van der Waals surface area contributed by atoms with Crippen molar-refractivity contribution in [2.75, 3.05) is 13.2 Å². The first-order valence-corrected chi connectivity index (χ1v) is 8.54. The fourth-order valence-electron chi connectivity index (χ4n) is 2.78. The number of alkyl carbamates (subject to hydrolysis) is 1. The molecule has 0 spiro atoms. The van der Waals surface area contributed by atoms with Crippen LogP contribution in [0.15, 0.2) is 0 Å². The highest BCUT2D eigenvalue weighted by Gasteiger charge is 2.29. The van der Waals surface area contributed by atoms with Crippen molar-refractivity contribution in [2.45, 2.75) is 78.0 Å². The molecular formula is C17H30N2O5. The molecule has 138 valence electrons. The monoisotopic (exact) mass is 342 g/mol. The van der Waals surface area contributed by atoms with E-state index < -0.39 is 17.7 Å². The van der Waals surface area contributed by atoms with E-state index in [2.05, 4.69) is 5.32 Å². The van der Waals surface area contributed by atoms with Gasteiger partial charge in [-0.1, -0.05) is 0 Å². The molecule has 7 heteroatoms. The average molecular weight is 342 g/mol. The van der Waals surface area contributed by atoms with E-state index in [1.165, 1.54) is 0 Å². The molecule has 7 nitrogen and oxygen atoms in total. The highest BCUT2D eigenvalue weighted by Crippen LogP contribution is 2.22. The SMILES string of the molecule is C[C@@H]1CCC[C@@H](C)N1C(=O)COC(=O)CCNC(=O)OC(C)(C)C. The highest BCUT2D eigenvalue weighted by atomic mass is 16.6. The lowest BCUT2D eigenvalue weighted by molar-refractivity contribution is -0.154. The van der Waals surface area contributed by atoms with Crippen LogP contribution in [-0.2, 0) is 19.1 Å². The minimum Gasteiger partial charge on any atom is -0.456 e. The molecule has 0 aromatic carbocycles. The van der Waals surface area contributed by atoms with Gasteiger partial charge < -0.3 is 19.7 Å². The minimum absolute atomic E-state index is 0.00235. The number of esters is 1. The number of nitrogens with one attached hydrogen (secondary N) is 1. The highest BCUT2D eigenvalue weighted by molar-refractivity contribution is 5.81. The van der Waals surface area contributed by atoms with Crippen LogP contribution in [0.3, 0.4) is 0 Å². The van der Waals surface area contributed by atoms with Crippen LogP contribution >= 0.6 is 0 Å². The molecule has 1 N–H and O–H groups in total. The van der Waals surface area contributed by atoms with Gasteiger partial charge in [0.1, 0.15) is 5.60 Å². The molecule has 0 aliphatic carbocycles. The Bertz CT molecular complexity index is 448. The summed E-state index contributed by atoms with van der Waals surface area (Å²) in [5.74, 6) is -0.681. The topological polar surface area (TPSA) is 84.9 Å². The summed E-state index contributed by atoms with van der Waals surface area (Å²) in [6.45, 7) is 9.16. The molecule has 1 aliphatic rings. The normalized spacial score (nSPS) is 21.1. The molecule has 0 radical (unpaired) electrons. The summed E-state index contributed by atoms with van der Waals surface area (Å²) in [7, 11) is 0. The molecule has 0 unspecified atom stereocenters. The Kier molecular flexibility index (Phi) is 7.51.